The van der Waals surface area contributed by atoms with Crippen LogP contribution in [0, 0.1) is 17.6 Å². The first kappa shape index (κ1) is 20.7. The van der Waals surface area contributed by atoms with Gasteiger partial charge >= 0.3 is 0 Å². The van der Waals surface area contributed by atoms with Crippen molar-refractivity contribution in [1.29, 1.82) is 0 Å². The van der Waals surface area contributed by atoms with E-state index in [4.69, 9.17) is 4.98 Å². The number of halogens is 2. The number of hydrogen-bond donors (Lipinski definition) is 1. The molecule has 4 rings (SSSR count). The van der Waals surface area contributed by atoms with Gasteiger partial charge in [-0.25, -0.2) is 13.8 Å². The van der Waals surface area contributed by atoms with E-state index in [2.05, 4.69) is 10.2 Å². The number of amides is 2. The molecule has 160 valence electrons. The third kappa shape index (κ3) is 4.30. The number of nitrogens with one attached hydrogen (secondary N) is 1. The zero-order valence-electron chi connectivity index (χ0n) is 16.8. The number of nitrogens with zero attached hydrogens (tertiary/aromatic N) is 3. The minimum absolute atomic E-state index is 0.129. The zero-order valence-corrected chi connectivity index (χ0v) is 17.6. The predicted octanol–water partition coefficient (Wildman–Crippen LogP) is 3.22. The van der Waals surface area contributed by atoms with Crippen molar-refractivity contribution in [2.75, 3.05) is 36.4 Å². The van der Waals surface area contributed by atoms with E-state index >= 15 is 0 Å². The summed E-state index contributed by atoms with van der Waals surface area (Å²) in [6.07, 6.45) is 2.38. The number of fused-ring (bicyclic) bond motifs is 1. The zero-order chi connectivity index (χ0) is 21.3. The van der Waals surface area contributed by atoms with E-state index in [1.54, 1.807) is 11.3 Å². The van der Waals surface area contributed by atoms with Gasteiger partial charge in [0.2, 0.25) is 11.8 Å². The van der Waals surface area contributed by atoms with E-state index in [0.717, 1.165) is 47.0 Å². The molecule has 1 aliphatic heterocycles. The van der Waals surface area contributed by atoms with Crippen LogP contribution in [0.5, 0.6) is 0 Å². The summed E-state index contributed by atoms with van der Waals surface area (Å²) in [7, 11) is 0. The van der Waals surface area contributed by atoms with E-state index in [1.165, 1.54) is 0 Å². The monoisotopic (exact) mass is 434 g/mol. The quantitative estimate of drug-likeness (QED) is 0.803. The van der Waals surface area contributed by atoms with Gasteiger partial charge in [-0.1, -0.05) is 6.92 Å². The average molecular weight is 435 g/mol. The number of rotatable bonds is 4. The van der Waals surface area contributed by atoms with Crippen LogP contribution in [-0.2, 0) is 22.4 Å². The number of hydrogen-bond acceptors (Lipinski definition) is 5. The van der Waals surface area contributed by atoms with Crippen molar-refractivity contribution in [1.82, 2.24) is 9.88 Å². The molecular weight excluding hydrogens is 410 g/mol. The van der Waals surface area contributed by atoms with Crippen molar-refractivity contribution in [2.45, 2.75) is 32.6 Å². The van der Waals surface area contributed by atoms with Crippen LogP contribution < -0.4 is 10.2 Å². The van der Waals surface area contributed by atoms with E-state index in [0.29, 0.717) is 38.8 Å². The van der Waals surface area contributed by atoms with Crippen LogP contribution in [0.2, 0.25) is 0 Å². The van der Waals surface area contributed by atoms with Crippen molar-refractivity contribution >= 4 is 34.0 Å². The molecule has 30 heavy (non-hydrogen) atoms. The summed E-state index contributed by atoms with van der Waals surface area (Å²) in [5.74, 6) is -1.66. The van der Waals surface area contributed by atoms with Crippen molar-refractivity contribution < 1.29 is 18.4 Å². The Morgan fingerprint density at radius 3 is 2.73 bits per heavy atom. The van der Waals surface area contributed by atoms with Crippen LogP contribution in [0.25, 0.3) is 0 Å². The number of carbonyl (C=O) groups excluding carboxylic acids is 2. The number of thiazole rings is 1. The fourth-order valence-electron chi connectivity index (χ4n) is 3.92. The summed E-state index contributed by atoms with van der Waals surface area (Å²) in [6, 6.07) is 3.02. The molecule has 0 unspecified atom stereocenters. The molecule has 1 aliphatic carbocycles. The standard InChI is InChI=1S/C21H24F2N4O2S/c1-2-19(28)26-7-9-27(10-8-26)21-25-16-6-3-13(11-18(16)30-21)20(29)24-17-12-14(22)4-5-15(17)23/h4-5,12-13H,2-3,6-11H2,1H3,(H,24,29)/t13-/m1/s1. The van der Waals surface area contributed by atoms with Gasteiger partial charge in [0.05, 0.1) is 11.4 Å². The molecule has 2 heterocycles. The van der Waals surface area contributed by atoms with Crippen molar-refractivity contribution in [3.05, 3.63) is 40.4 Å². The third-order valence-corrected chi connectivity index (χ3v) is 6.87. The van der Waals surface area contributed by atoms with E-state index < -0.39 is 11.6 Å². The van der Waals surface area contributed by atoms with Crippen molar-refractivity contribution in [3.8, 4) is 0 Å². The van der Waals surface area contributed by atoms with Crippen LogP contribution in [0.15, 0.2) is 18.2 Å². The highest BCUT2D eigenvalue weighted by molar-refractivity contribution is 7.15. The van der Waals surface area contributed by atoms with Crippen LogP contribution >= 0.6 is 11.3 Å². The number of piperazine rings is 1. The fourth-order valence-corrected chi connectivity index (χ4v) is 5.16. The van der Waals surface area contributed by atoms with E-state index in [1.807, 2.05) is 11.8 Å². The van der Waals surface area contributed by atoms with Gasteiger partial charge in [-0.05, 0) is 31.4 Å². The summed E-state index contributed by atoms with van der Waals surface area (Å²) in [4.78, 5) is 34.4. The highest BCUT2D eigenvalue weighted by Gasteiger charge is 2.30. The maximum Gasteiger partial charge on any atom is 0.227 e. The molecule has 2 amide bonds. The normalized spacial score (nSPS) is 18.8. The molecule has 1 N–H and O–H groups in total. The highest BCUT2D eigenvalue weighted by Crippen LogP contribution is 2.35. The van der Waals surface area contributed by atoms with Crippen molar-refractivity contribution in [3.63, 3.8) is 0 Å². The molecule has 0 saturated carbocycles. The second kappa shape index (κ2) is 8.67. The summed E-state index contributed by atoms with van der Waals surface area (Å²) in [5.41, 5.74) is 0.887. The lowest BCUT2D eigenvalue weighted by Crippen LogP contribution is -2.48. The molecular formula is C21H24F2N4O2S. The lowest BCUT2D eigenvalue weighted by molar-refractivity contribution is -0.131. The number of aromatic nitrogens is 1. The van der Waals surface area contributed by atoms with Gasteiger partial charge in [-0.3, -0.25) is 9.59 Å². The Bertz CT molecular complexity index is 956. The Balaban J connectivity index is 1.39. The molecule has 0 bridgehead atoms. The molecule has 1 saturated heterocycles. The van der Waals surface area contributed by atoms with Crippen LogP contribution in [-0.4, -0.2) is 47.9 Å². The number of benzene rings is 1. The van der Waals surface area contributed by atoms with E-state index in [9.17, 15) is 18.4 Å². The first-order valence-electron chi connectivity index (χ1n) is 10.2. The topological polar surface area (TPSA) is 65.5 Å². The van der Waals surface area contributed by atoms with Gasteiger partial charge in [0.25, 0.3) is 0 Å². The molecule has 1 atom stereocenters. The number of carbonyl (C=O) groups is 2. The minimum atomic E-state index is -0.651. The predicted molar refractivity (Wildman–Crippen MR) is 112 cm³/mol. The van der Waals surface area contributed by atoms with Gasteiger partial charge in [0.1, 0.15) is 11.6 Å². The first-order valence-corrected chi connectivity index (χ1v) is 11.0. The Hall–Kier alpha value is -2.55. The summed E-state index contributed by atoms with van der Waals surface area (Å²) < 4.78 is 27.2. The summed E-state index contributed by atoms with van der Waals surface area (Å²) in [6.45, 7) is 4.77. The lowest BCUT2D eigenvalue weighted by Gasteiger charge is -2.34. The SMILES string of the molecule is CCC(=O)N1CCN(c2nc3c(s2)C[C@H](C(=O)Nc2cc(F)ccc2F)CC3)CC1. The molecule has 0 spiro atoms. The van der Waals surface area contributed by atoms with Gasteiger partial charge in [-0.15, -0.1) is 11.3 Å². The average Bonchev–Trinajstić information content (AvgIpc) is 3.19. The number of anilines is 2. The molecule has 6 nitrogen and oxygen atoms in total. The van der Waals surface area contributed by atoms with Crippen LogP contribution in [0.4, 0.5) is 19.6 Å². The molecule has 2 aliphatic rings. The first-order chi connectivity index (χ1) is 14.4. The van der Waals surface area contributed by atoms with Crippen molar-refractivity contribution in [2.24, 2.45) is 5.92 Å². The highest BCUT2D eigenvalue weighted by atomic mass is 32.1. The largest absolute Gasteiger partial charge is 0.345 e. The molecule has 1 aromatic heterocycles. The lowest BCUT2D eigenvalue weighted by atomic mass is 9.90. The Kier molecular flexibility index (Phi) is 5.99. The maximum absolute atomic E-state index is 13.8. The van der Waals surface area contributed by atoms with Crippen LogP contribution in [0.3, 0.4) is 0 Å². The minimum Gasteiger partial charge on any atom is -0.345 e. The van der Waals surface area contributed by atoms with Gasteiger partial charge in [0, 0.05) is 49.5 Å². The summed E-state index contributed by atoms with van der Waals surface area (Å²) >= 11 is 1.59. The Labute approximate surface area is 177 Å². The second-order valence-electron chi connectivity index (χ2n) is 7.64. The van der Waals surface area contributed by atoms with Crippen LogP contribution in [0.1, 0.15) is 30.3 Å². The Morgan fingerprint density at radius 1 is 1.23 bits per heavy atom. The smallest absolute Gasteiger partial charge is 0.227 e. The van der Waals surface area contributed by atoms with Gasteiger partial charge in [0.15, 0.2) is 5.13 Å². The molecule has 0 radical (unpaired) electrons. The fraction of sp³-hybridized carbons (Fsp3) is 0.476. The maximum atomic E-state index is 13.8. The molecule has 2 aromatic rings. The third-order valence-electron chi connectivity index (χ3n) is 5.69. The molecule has 9 heteroatoms. The van der Waals surface area contributed by atoms with E-state index in [-0.39, 0.29) is 23.4 Å². The Morgan fingerprint density at radius 2 is 2.00 bits per heavy atom. The summed E-state index contributed by atoms with van der Waals surface area (Å²) in [5, 5.41) is 3.46. The van der Waals surface area contributed by atoms with Gasteiger partial charge < -0.3 is 15.1 Å². The second-order valence-corrected chi connectivity index (χ2v) is 8.70. The molecule has 1 aromatic carbocycles. The number of aryl methyl sites for hydroxylation is 1. The van der Waals surface area contributed by atoms with Gasteiger partial charge in [-0.2, -0.15) is 0 Å². The molecule has 1 fully saturated rings.